The van der Waals surface area contributed by atoms with Crippen LogP contribution in [0.15, 0.2) is 24.3 Å². The first-order chi connectivity index (χ1) is 8.11. The van der Waals surface area contributed by atoms with Gasteiger partial charge in [0.2, 0.25) is 0 Å². The van der Waals surface area contributed by atoms with Crippen LogP contribution < -0.4 is 4.74 Å². The molecule has 1 aromatic carbocycles. The normalized spacial score (nSPS) is 28.3. The molecule has 2 atom stereocenters. The summed E-state index contributed by atoms with van der Waals surface area (Å²) in [7, 11) is 1.68. The molecule has 1 fully saturated rings. The first kappa shape index (κ1) is 12.4. The van der Waals surface area contributed by atoms with Crippen molar-refractivity contribution in [3.05, 3.63) is 29.8 Å². The van der Waals surface area contributed by atoms with Gasteiger partial charge in [0.25, 0.3) is 0 Å². The molecule has 1 aliphatic carbocycles. The molecule has 1 saturated carbocycles. The predicted molar refractivity (Wildman–Crippen MR) is 69.3 cm³/mol. The molecular weight excluding hydrogens is 212 g/mol. The summed E-state index contributed by atoms with van der Waals surface area (Å²) in [5.74, 6) is 1.57. The summed E-state index contributed by atoms with van der Waals surface area (Å²) >= 11 is 0. The van der Waals surface area contributed by atoms with Crippen LogP contribution in [0, 0.1) is 5.92 Å². The van der Waals surface area contributed by atoms with Crippen LogP contribution in [0.2, 0.25) is 0 Å². The Hall–Kier alpha value is -1.02. The fraction of sp³-hybridized carbons (Fsp3) is 0.600. The summed E-state index contributed by atoms with van der Waals surface area (Å²) in [6.45, 7) is 2.23. The predicted octanol–water partition coefficient (Wildman–Crippen LogP) is 3.18. The van der Waals surface area contributed by atoms with E-state index in [0.29, 0.717) is 5.92 Å². The third-order valence-corrected chi connectivity index (χ3v) is 3.87. The molecule has 2 heteroatoms. The van der Waals surface area contributed by atoms with Crippen LogP contribution >= 0.6 is 0 Å². The van der Waals surface area contributed by atoms with E-state index in [1.165, 1.54) is 12.0 Å². The van der Waals surface area contributed by atoms with E-state index in [0.717, 1.165) is 31.4 Å². The van der Waals surface area contributed by atoms with Crippen molar-refractivity contribution in [2.24, 2.45) is 5.92 Å². The molecule has 0 aliphatic heterocycles. The maximum atomic E-state index is 10.4. The van der Waals surface area contributed by atoms with Gasteiger partial charge in [0, 0.05) is 0 Å². The highest BCUT2D eigenvalue weighted by atomic mass is 16.5. The topological polar surface area (TPSA) is 29.5 Å². The SMILES string of the molecule is COc1ccc(CCC2(O)CCC(C)C2)cc1. The molecule has 1 N–H and O–H groups in total. The highest BCUT2D eigenvalue weighted by Crippen LogP contribution is 2.37. The Balaban J connectivity index is 1.89. The third kappa shape index (κ3) is 3.22. The lowest BCUT2D eigenvalue weighted by Gasteiger charge is -2.22. The Morgan fingerprint density at radius 3 is 2.59 bits per heavy atom. The molecule has 2 unspecified atom stereocenters. The molecule has 0 spiro atoms. The zero-order valence-corrected chi connectivity index (χ0v) is 10.8. The standard InChI is InChI=1S/C15H22O2/c1-12-7-9-15(16,11-12)10-8-13-3-5-14(17-2)6-4-13/h3-6,12,16H,7-11H2,1-2H3. The Morgan fingerprint density at radius 1 is 1.35 bits per heavy atom. The number of aryl methyl sites for hydroxylation is 1. The summed E-state index contributed by atoms with van der Waals surface area (Å²) in [6.07, 6.45) is 4.92. The van der Waals surface area contributed by atoms with Crippen molar-refractivity contribution in [3.8, 4) is 5.75 Å². The van der Waals surface area contributed by atoms with E-state index < -0.39 is 5.60 Å². The average Bonchev–Trinajstić information content (AvgIpc) is 2.68. The van der Waals surface area contributed by atoms with Crippen molar-refractivity contribution in [1.29, 1.82) is 0 Å². The minimum Gasteiger partial charge on any atom is -0.497 e. The van der Waals surface area contributed by atoms with E-state index in [1.807, 2.05) is 12.1 Å². The molecule has 0 radical (unpaired) electrons. The highest BCUT2D eigenvalue weighted by molar-refractivity contribution is 5.27. The van der Waals surface area contributed by atoms with Gasteiger partial charge in [-0.15, -0.1) is 0 Å². The first-order valence-electron chi connectivity index (χ1n) is 6.47. The van der Waals surface area contributed by atoms with Crippen LogP contribution in [-0.4, -0.2) is 17.8 Å². The first-order valence-corrected chi connectivity index (χ1v) is 6.47. The fourth-order valence-electron chi connectivity index (χ4n) is 2.76. The highest BCUT2D eigenvalue weighted by Gasteiger charge is 2.34. The minimum absolute atomic E-state index is 0.417. The smallest absolute Gasteiger partial charge is 0.118 e. The third-order valence-electron chi connectivity index (χ3n) is 3.87. The second kappa shape index (κ2) is 5.09. The van der Waals surface area contributed by atoms with E-state index in [9.17, 15) is 5.11 Å². The van der Waals surface area contributed by atoms with E-state index in [-0.39, 0.29) is 0 Å². The quantitative estimate of drug-likeness (QED) is 0.867. The molecule has 0 aromatic heterocycles. The van der Waals surface area contributed by atoms with Gasteiger partial charge in [-0.3, -0.25) is 0 Å². The van der Waals surface area contributed by atoms with Crippen molar-refractivity contribution in [2.45, 2.75) is 44.6 Å². The van der Waals surface area contributed by atoms with Crippen molar-refractivity contribution in [3.63, 3.8) is 0 Å². The molecule has 0 bridgehead atoms. The Kier molecular flexibility index (Phi) is 3.72. The monoisotopic (exact) mass is 234 g/mol. The van der Waals surface area contributed by atoms with E-state index in [2.05, 4.69) is 19.1 Å². The summed E-state index contributed by atoms with van der Waals surface area (Å²) < 4.78 is 5.13. The minimum atomic E-state index is -0.417. The van der Waals surface area contributed by atoms with Gasteiger partial charge in [-0.1, -0.05) is 19.1 Å². The average molecular weight is 234 g/mol. The van der Waals surface area contributed by atoms with Crippen molar-refractivity contribution >= 4 is 0 Å². The molecule has 1 aliphatic rings. The number of benzene rings is 1. The van der Waals surface area contributed by atoms with Gasteiger partial charge in [-0.25, -0.2) is 0 Å². The van der Waals surface area contributed by atoms with E-state index in [1.54, 1.807) is 7.11 Å². The van der Waals surface area contributed by atoms with Crippen molar-refractivity contribution < 1.29 is 9.84 Å². The van der Waals surface area contributed by atoms with Gasteiger partial charge in [0.1, 0.15) is 5.75 Å². The number of aliphatic hydroxyl groups is 1. The van der Waals surface area contributed by atoms with Gasteiger partial charge >= 0.3 is 0 Å². The maximum Gasteiger partial charge on any atom is 0.118 e. The van der Waals surface area contributed by atoms with Gasteiger partial charge < -0.3 is 9.84 Å². The molecular formula is C15H22O2. The van der Waals surface area contributed by atoms with Crippen molar-refractivity contribution in [2.75, 3.05) is 7.11 Å². The zero-order valence-electron chi connectivity index (χ0n) is 10.8. The molecule has 1 aromatic rings. The molecule has 0 heterocycles. The van der Waals surface area contributed by atoms with Gasteiger partial charge in [0.05, 0.1) is 12.7 Å². The zero-order chi connectivity index (χ0) is 12.3. The van der Waals surface area contributed by atoms with Gasteiger partial charge in [0.15, 0.2) is 0 Å². The maximum absolute atomic E-state index is 10.4. The lowest BCUT2D eigenvalue weighted by Crippen LogP contribution is -2.25. The second-order valence-corrected chi connectivity index (χ2v) is 5.42. The van der Waals surface area contributed by atoms with Gasteiger partial charge in [-0.05, 0) is 55.7 Å². The van der Waals surface area contributed by atoms with Crippen LogP contribution in [0.5, 0.6) is 5.75 Å². The summed E-state index contributed by atoms with van der Waals surface area (Å²) in [6, 6.07) is 8.13. The number of ether oxygens (including phenoxy) is 1. The van der Waals surface area contributed by atoms with Crippen LogP contribution in [0.4, 0.5) is 0 Å². The van der Waals surface area contributed by atoms with Gasteiger partial charge in [-0.2, -0.15) is 0 Å². The number of hydrogen-bond donors (Lipinski definition) is 1. The van der Waals surface area contributed by atoms with Crippen LogP contribution in [0.1, 0.15) is 38.2 Å². The van der Waals surface area contributed by atoms with E-state index in [4.69, 9.17) is 4.74 Å². The van der Waals surface area contributed by atoms with Crippen LogP contribution in [0.25, 0.3) is 0 Å². The van der Waals surface area contributed by atoms with Crippen molar-refractivity contribution in [1.82, 2.24) is 0 Å². The summed E-state index contributed by atoms with van der Waals surface area (Å²) in [5.41, 5.74) is 0.859. The number of rotatable bonds is 4. The second-order valence-electron chi connectivity index (χ2n) is 5.42. The Morgan fingerprint density at radius 2 is 2.06 bits per heavy atom. The molecule has 2 rings (SSSR count). The Labute approximate surface area is 104 Å². The molecule has 0 saturated heterocycles. The van der Waals surface area contributed by atoms with E-state index >= 15 is 0 Å². The summed E-state index contributed by atoms with van der Waals surface area (Å²) in [5, 5.41) is 10.4. The Bertz CT molecular complexity index is 358. The van der Waals surface area contributed by atoms with Crippen LogP contribution in [-0.2, 0) is 6.42 Å². The molecule has 2 nitrogen and oxygen atoms in total. The lowest BCUT2D eigenvalue weighted by atomic mass is 9.92. The number of methoxy groups -OCH3 is 1. The summed E-state index contributed by atoms with van der Waals surface area (Å²) in [4.78, 5) is 0. The fourth-order valence-corrected chi connectivity index (χ4v) is 2.76. The molecule has 94 valence electrons. The molecule has 17 heavy (non-hydrogen) atoms. The lowest BCUT2D eigenvalue weighted by molar-refractivity contribution is 0.0357. The number of hydrogen-bond acceptors (Lipinski definition) is 2. The van der Waals surface area contributed by atoms with Crippen LogP contribution in [0.3, 0.4) is 0 Å². The largest absolute Gasteiger partial charge is 0.497 e. The molecule has 0 amide bonds.